The second kappa shape index (κ2) is 7.16. The van der Waals surface area contributed by atoms with E-state index in [1.54, 1.807) is 12.1 Å². The molecule has 2 N–H and O–H groups in total. The van der Waals surface area contributed by atoms with Crippen LogP contribution < -0.4 is 10.6 Å². The number of fused-ring (bicyclic) bond motifs is 2. The Bertz CT molecular complexity index is 558. The van der Waals surface area contributed by atoms with Crippen molar-refractivity contribution in [2.75, 3.05) is 6.54 Å². The predicted molar refractivity (Wildman–Crippen MR) is 89.9 cm³/mol. The van der Waals surface area contributed by atoms with Crippen molar-refractivity contribution >= 4 is 11.8 Å². The van der Waals surface area contributed by atoms with E-state index in [9.17, 15) is 9.59 Å². The van der Waals surface area contributed by atoms with E-state index in [-0.39, 0.29) is 17.9 Å². The molecule has 4 heteroatoms. The van der Waals surface area contributed by atoms with E-state index >= 15 is 0 Å². The highest BCUT2D eigenvalue weighted by Crippen LogP contribution is 2.49. The maximum Gasteiger partial charge on any atom is 0.251 e. The fourth-order valence-corrected chi connectivity index (χ4v) is 4.32. The lowest BCUT2D eigenvalue weighted by atomic mass is 9.84. The Balaban J connectivity index is 1.37. The first kappa shape index (κ1) is 16.0. The number of nitrogens with one attached hydrogen (secondary N) is 2. The van der Waals surface area contributed by atoms with Gasteiger partial charge in [-0.2, -0.15) is 0 Å². The number of amides is 2. The SMILES string of the molecule is C[C@@H](NC(=O)CCNC(=O)c1ccccc1)[C@H]1C[C@H]2CC[C@H]1C2. The van der Waals surface area contributed by atoms with Gasteiger partial charge in [-0.05, 0) is 56.1 Å². The lowest BCUT2D eigenvalue weighted by Crippen LogP contribution is -2.41. The predicted octanol–water partition coefficient (Wildman–Crippen LogP) is 2.75. The number of hydrogen-bond donors (Lipinski definition) is 2. The Morgan fingerprint density at radius 2 is 1.96 bits per heavy atom. The molecule has 0 unspecified atom stereocenters. The third kappa shape index (κ3) is 3.92. The molecule has 124 valence electrons. The lowest BCUT2D eigenvalue weighted by molar-refractivity contribution is -0.122. The molecule has 4 nitrogen and oxygen atoms in total. The van der Waals surface area contributed by atoms with Gasteiger partial charge in [0.25, 0.3) is 5.91 Å². The van der Waals surface area contributed by atoms with Crippen LogP contribution in [0.5, 0.6) is 0 Å². The quantitative estimate of drug-likeness (QED) is 0.848. The zero-order chi connectivity index (χ0) is 16.2. The van der Waals surface area contributed by atoms with Crippen LogP contribution in [0.15, 0.2) is 30.3 Å². The summed E-state index contributed by atoms with van der Waals surface area (Å²) in [6.45, 7) is 2.51. The molecular formula is C19H26N2O2. The fraction of sp³-hybridized carbons (Fsp3) is 0.579. The third-order valence-electron chi connectivity index (χ3n) is 5.50. The minimum atomic E-state index is -0.125. The minimum Gasteiger partial charge on any atom is -0.353 e. The fourth-order valence-electron chi connectivity index (χ4n) is 4.32. The molecule has 23 heavy (non-hydrogen) atoms. The summed E-state index contributed by atoms with van der Waals surface area (Å²) in [5.74, 6) is 2.27. The van der Waals surface area contributed by atoms with Crippen molar-refractivity contribution in [1.29, 1.82) is 0 Å². The summed E-state index contributed by atoms with van der Waals surface area (Å²) < 4.78 is 0. The maximum absolute atomic E-state index is 12.1. The summed E-state index contributed by atoms with van der Waals surface area (Å²) in [6, 6.07) is 9.33. The third-order valence-corrected chi connectivity index (χ3v) is 5.50. The van der Waals surface area contributed by atoms with Gasteiger partial charge in [0, 0.05) is 24.6 Å². The minimum absolute atomic E-state index is 0.0358. The molecular weight excluding hydrogens is 288 g/mol. The van der Waals surface area contributed by atoms with Crippen LogP contribution in [-0.2, 0) is 4.79 Å². The second-order valence-electron chi connectivity index (χ2n) is 7.07. The Morgan fingerprint density at radius 1 is 1.17 bits per heavy atom. The summed E-state index contributed by atoms with van der Waals surface area (Å²) in [5, 5.41) is 5.93. The monoisotopic (exact) mass is 314 g/mol. The van der Waals surface area contributed by atoms with Crippen molar-refractivity contribution < 1.29 is 9.59 Å². The molecule has 4 atom stereocenters. The molecule has 2 aliphatic rings. The van der Waals surface area contributed by atoms with Gasteiger partial charge in [-0.1, -0.05) is 24.6 Å². The molecule has 2 fully saturated rings. The number of carbonyl (C=O) groups is 2. The van der Waals surface area contributed by atoms with E-state index in [2.05, 4.69) is 17.6 Å². The van der Waals surface area contributed by atoms with Gasteiger partial charge in [-0.25, -0.2) is 0 Å². The van der Waals surface area contributed by atoms with Crippen molar-refractivity contribution in [2.45, 2.75) is 45.1 Å². The average molecular weight is 314 g/mol. The number of benzene rings is 1. The van der Waals surface area contributed by atoms with Crippen LogP contribution in [0.25, 0.3) is 0 Å². The molecule has 0 heterocycles. The highest BCUT2D eigenvalue weighted by molar-refractivity contribution is 5.94. The van der Waals surface area contributed by atoms with Gasteiger partial charge in [0.1, 0.15) is 0 Å². The summed E-state index contributed by atoms with van der Waals surface area (Å²) in [5.41, 5.74) is 0.628. The first-order valence-electron chi connectivity index (χ1n) is 8.76. The van der Waals surface area contributed by atoms with E-state index < -0.39 is 0 Å². The van der Waals surface area contributed by atoms with Gasteiger partial charge in [0.15, 0.2) is 0 Å². The molecule has 1 aromatic rings. The molecule has 2 amide bonds. The van der Waals surface area contributed by atoms with E-state index in [0.29, 0.717) is 24.4 Å². The van der Waals surface area contributed by atoms with Crippen LogP contribution in [0, 0.1) is 17.8 Å². The zero-order valence-electron chi connectivity index (χ0n) is 13.8. The standard InChI is InChI=1S/C19H26N2O2/c1-13(17-12-14-7-8-16(17)11-14)21-18(22)9-10-20-19(23)15-5-3-2-4-6-15/h2-6,13-14,16-17H,7-12H2,1H3,(H,20,23)(H,21,22)/t13-,14+,16+,17-/m1/s1. The van der Waals surface area contributed by atoms with E-state index in [1.165, 1.54) is 25.7 Å². The van der Waals surface area contributed by atoms with Crippen LogP contribution in [-0.4, -0.2) is 24.4 Å². The number of hydrogen-bond acceptors (Lipinski definition) is 2. The summed E-state index contributed by atoms with van der Waals surface area (Å²) >= 11 is 0. The van der Waals surface area contributed by atoms with Crippen molar-refractivity contribution in [2.24, 2.45) is 17.8 Å². The van der Waals surface area contributed by atoms with E-state index in [4.69, 9.17) is 0 Å². The van der Waals surface area contributed by atoms with Crippen LogP contribution in [0.1, 0.15) is 49.4 Å². The van der Waals surface area contributed by atoms with Crippen molar-refractivity contribution in [1.82, 2.24) is 10.6 Å². The smallest absolute Gasteiger partial charge is 0.251 e. The molecule has 0 aromatic heterocycles. The summed E-state index contributed by atoms with van der Waals surface area (Å²) in [7, 11) is 0. The normalized spacial score (nSPS) is 26.7. The number of carbonyl (C=O) groups excluding carboxylic acids is 2. The van der Waals surface area contributed by atoms with Crippen LogP contribution in [0.2, 0.25) is 0 Å². The molecule has 1 aromatic carbocycles. The highest BCUT2D eigenvalue weighted by Gasteiger charge is 2.42. The maximum atomic E-state index is 12.1. The van der Waals surface area contributed by atoms with Crippen molar-refractivity contribution in [3.05, 3.63) is 35.9 Å². The molecule has 0 spiro atoms. The molecule has 3 rings (SSSR count). The van der Waals surface area contributed by atoms with Gasteiger partial charge >= 0.3 is 0 Å². The molecule has 2 aliphatic carbocycles. The van der Waals surface area contributed by atoms with Gasteiger partial charge in [-0.15, -0.1) is 0 Å². The average Bonchev–Trinajstić information content (AvgIpc) is 3.18. The Labute approximate surface area is 138 Å². The second-order valence-corrected chi connectivity index (χ2v) is 7.07. The molecule has 0 radical (unpaired) electrons. The topological polar surface area (TPSA) is 58.2 Å². The molecule has 0 aliphatic heterocycles. The van der Waals surface area contributed by atoms with Gasteiger partial charge in [0.2, 0.25) is 5.91 Å². The highest BCUT2D eigenvalue weighted by atomic mass is 16.2. The number of rotatable bonds is 6. The van der Waals surface area contributed by atoms with Crippen molar-refractivity contribution in [3.63, 3.8) is 0 Å². The van der Waals surface area contributed by atoms with Crippen molar-refractivity contribution in [3.8, 4) is 0 Å². The Hall–Kier alpha value is -1.84. The first-order valence-corrected chi connectivity index (χ1v) is 8.76. The lowest BCUT2D eigenvalue weighted by Gasteiger charge is -2.28. The summed E-state index contributed by atoms with van der Waals surface area (Å²) in [6.07, 6.45) is 5.69. The summed E-state index contributed by atoms with van der Waals surface area (Å²) in [4.78, 5) is 24.0. The zero-order valence-corrected chi connectivity index (χ0v) is 13.8. The molecule has 0 saturated heterocycles. The van der Waals surface area contributed by atoms with Crippen LogP contribution in [0.3, 0.4) is 0 Å². The Morgan fingerprint density at radius 3 is 2.61 bits per heavy atom. The first-order chi connectivity index (χ1) is 11.1. The van der Waals surface area contributed by atoms with Gasteiger partial charge in [0.05, 0.1) is 0 Å². The largest absolute Gasteiger partial charge is 0.353 e. The van der Waals surface area contributed by atoms with Gasteiger partial charge in [-0.3, -0.25) is 9.59 Å². The molecule has 2 saturated carbocycles. The molecule has 2 bridgehead atoms. The van der Waals surface area contributed by atoms with E-state index in [1.807, 2.05) is 18.2 Å². The van der Waals surface area contributed by atoms with Crippen LogP contribution in [0.4, 0.5) is 0 Å². The Kier molecular flexibility index (Phi) is 4.99. The van der Waals surface area contributed by atoms with E-state index in [0.717, 1.165) is 11.8 Å². The van der Waals surface area contributed by atoms with Gasteiger partial charge < -0.3 is 10.6 Å². The van der Waals surface area contributed by atoms with Crippen LogP contribution >= 0.6 is 0 Å².